The Kier molecular flexibility index (Phi) is 6.34. The lowest BCUT2D eigenvalue weighted by molar-refractivity contribution is -0.139. The fourth-order valence-electron chi connectivity index (χ4n) is 4.47. The van der Waals surface area contributed by atoms with Gasteiger partial charge in [0.25, 0.3) is 0 Å². The Balaban J connectivity index is 1.47. The number of ether oxygens (including phenoxy) is 1. The van der Waals surface area contributed by atoms with Crippen molar-refractivity contribution in [3.05, 3.63) is 35.4 Å². The highest BCUT2D eigenvalue weighted by atomic mass is 16.5. The van der Waals surface area contributed by atoms with Crippen molar-refractivity contribution in [1.82, 2.24) is 20.4 Å². The van der Waals surface area contributed by atoms with Crippen molar-refractivity contribution >= 4 is 17.8 Å². The minimum atomic E-state index is -0.465. The largest absolute Gasteiger partial charge is 0.376 e. The van der Waals surface area contributed by atoms with Crippen LogP contribution in [0.2, 0.25) is 0 Å². The van der Waals surface area contributed by atoms with Crippen LogP contribution in [-0.4, -0.2) is 72.1 Å². The van der Waals surface area contributed by atoms with E-state index >= 15 is 0 Å². The van der Waals surface area contributed by atoms with E-state index < -0.39 is 12.1 Å². The second kappa shape index (κ2) is 9.14. The van der Waals surface area contributed by atoms with Crippen LogP contribution in [0.4, 0.5) is 4.79 Å². The van der Waals surface area contributed by atoms with Crippen molar-refractivity contribution in [2.45, 2.75) is 57.3 Å². The third-order valence-electron chi connectivity index (χ3n) is 6.16. The quantitative estimate of drug-likeness (QED) is 0.729. The predicted molar refractivity (Wildman–Crippen MR) is 111 cm³/mol. The molecule has 1 aromatic rings. The van der Waals surface area contributed by atoms with Gasteiger partial charge in [0, 0.05) is 13.2 Å². The van der Waals surface area contributed by atoms with Gasteiger partial charge in [0.05, 0.1) is 18.7 Å². The highest BCUT2D eigenvalue weighted by Gasteiger charge is 2.47. The summed E-state index contributed by atoms with van der Waals surface area (Å²) in [5.74, 6) is -0.422. The van der Waals surface area contributed by atoms with E-state index in [1.165, 1.54) is 4.90 Å². The van der Waals surface area contributed by atoms with Crippen LogP contribution in [0.25, 0.3) is 0 Å². The number of carbonyl (C=O) groups excluding carboxylic acids is 3. The summed E-state index contributed by atoms with van der Waals surface area (Å²) in [7, 11) is 0. The van der Waals surface area contributed by atoms with Crippen LogP contribution >= 0.6 is 0 Å². The lowest BCUT2D eigenvalue weighted by Gasteiger charge is -2.46. The molecule has 0 saturated carbocycles. The average Bonchev–Trinajstić information content (AvgIpc) is 3.28. The Bertz CT molecular complexity index is 791. The number of fused-ring (bicyclic) bond motifs is 1. The molecule has 2 N–H and O–H groups in total. The van der Waals surface area contributed by atoms with Crippen LogP contribution in [0, 0.1) is 6.92 Å². The molecule has 3 unspecified atom stereocenters. The zero-order chi connectivity index (χ0) is 21.1. The molecule has 3 saturated heterocycles. The van der Waals surface area contributed by atoms with Gasteiger partial charge in [-0.1, -0.05) is 29.8 Å². The Morgan fingerprint density at radius 2 is 2.00 bits per heavy atom. The summed E-state index contributed by atoms with van der Waals surface area (Å²) in [5, 5.41) is 6.15. The smallest absolute Gasteiger partial charge is 0.327 e. The van der Waals surface area contributed by atoms with Gasteiger partial charge >= 0.3 is 6.03 Å². The summed E-state index contributed by atoms with van der Waals surface area (Å²) in [5.41, 5.74) is 2.01. The van der Waals surface area contributed by atoms with E-state index in [0.717, 1.165) is 43.5 Å². The van der Waals surface area contributed by atoms with Gasteiger partial charge in [0.2, 0.25) is 11.8 Å². The lowest BCUT2D eigenvalue weighted by atomic mass is 9.93. The maximum atomic E-state index is 13.3. The number of aryl methyl sites for hydroxylation is 1. The first kappa shape index (κ1) is 20.8. The summed E-state index contributed by atoms with van der Waals surface area (Å²) >= 11 is 0. The molecule has 8 heteroatoms. The molecule has 3 aliphatic heterocycles. The van der Waals surface area contributed by atoms with Gasteiger partial charge in [-0.05, 0) is 44.7 Å². The molecule has 0 bridgehead atoms. The van der Waals surface area contributed by atoms with E-state index in [9.17, 15) is 14.4 Å². The van der Waals surface area contributed by atoms with Gasteiger partial charge in [0.1, 0.15) is 12.6 Å². The molecular formula is C22H30N4O4. The number of nitrogens with one attached hydrogen (secondary N) is 2. The molecule has 3 atom stereocenters. The van der Waals surface area contributed by atoms with Crippen LogP contribution in [0.1, 0.15) is 36.8 Å². The number of hydrogen-bond acceptors (Lipinski definition) is 5. The number of imide groups is 1. The summed E-state index contributed by atoms with van der Waals surface area (Å²) in [6.07, 6.45) is 3.59. The molecule has 4 rings (SSSR count). The van der Waals surface area contributed by atoms with E-state index in [-0.39, 0.29) is 37.0 Å². The number of nitrogens with zero attached hydrogens (tertiary/aromatic N) is 2. The van der Waals surface area contributed by atoms with Crippen molar-refractivity contribution < 1.29 is 19.1 Å². The van der Waals surface area contributed by atoms with Crippen LogP contribution < -0.4 is 10.6 Å². The van der Waals surface area contributed by atoms with Gasteiger partial charge in [-0.15, -0.1) is 0 Å². The molecule has 3 fully saturated rings. The standard InChI is InChI=1S/C22H30N4O4/c1-15-6-8-16(9-7-15)13-26-21(28)20-18(5-2-10-23-20)25(22(26)29)14-19(27)24-12-17-4-3-11-30-17/h6-9,17-18,20,23H,2-5,10-14H2,1H3,(H,24,27). The molecule has 8 nitrogen and oxygen atoms in total. The Morgan fingerprint density at radius 3 is 2.73 bits per heavy atom. The number of amides is 4. The molecule has 0 aromatic heterocycles. The molecule has 0 radical (unpaired) electrons. The van der Waals surface area contributed by atoms with Gasteiger partial charge < -0.3 is 20.3 Å². The Labute approximate surface area is 176 Å². The highest BCUT2D eigenvalue weighted by Crippen LogP contribution is 2.26. The predicted octanol–water partition coefficient (Wildman–Crippen LogP) is 1.18. The van der Waals surface area contributed by atoms with E-state index in [1.54, 1.807) is 4.90 Å². The molecule has 1 aromatic carbocycles. The summed E-state index contributed by atoms with van der Waals surface area (Å²) < 4.78 is 5.55. The first-order valence-electron chi connectivity index (χ1n) is 10.8. The average molecular weight is 415 g/mol. The molecule has 162 valence electrons. The minimum absolute atomic E-state index is 0.0495. The first-order chi connectivity index (χ1) is 14.5. The number of piperidine rings is 1. The van der Waals surface area contributed by atoms with Crippen molar-refractivity contribution in [3.63, 3.8) is 0 Å². The summed E-state index contributed by atoms with van der Waals surface area (Å²) in [6, 6.07) is 6.63. The van der Waals surface area contributed by atoms with E-state index in [1.807, 2.05) is 31.2 Å². The maximum absolute atomic E-state index is 13.3. The molecule has 4 amide bonds. The van der Waals surface area contributed by atoms with E-state index in [0.29, 0.717) is 13.0 Å². The molecule has 30 heavy (non-hydrogen) atoms. The molecule has 3 heterocycles. The number of rotatable bonds is 6. The van der Waals surface area contributed by atoms with Crippen LogP contribution in [0.3, 0.4) is 0 Å². The van der Waals surface area contributed by atoms with Crippen molar-refractivity contribution in [2.75, 3.05) is 26.2 Å². The second-order valence-corrected chi connectivity index (χ2v) is 8.40. The summed E-state index contributed by atoms with van der Waals surface area (Å²) in [6.45, 7) is 4.08. The Morgan fingerprint density at radius 1 is 1.20 bits per heavy atom. The topological polar surface area (TPSA) is 91.0 Å². The zero-order valence-corrected chi connectivity index (χ0v) is 17.4. The van der Waals surface area contributed by atoms with Gasteiger partial charge in [-0.3, -0.25) is 14.5 Å². The fraction of sp³-hybridized carbons (Fsp3) is 0.591. The zero-order valence-electron chi connectivity index (χ0n) is 17.4. The van der Waals surface area contributed by atoms with Crippen LogP contribution in [-0.2, 0) is 20.9 Å². The number of benzene rings is 1. The minimum Gasteiger partial charge on any atom is -0.376 e. The molecule has 0 spiro atoms. The molecule has 0 aliphatic carbocycles. The van der Waals surface area contributed by atoms with Crippen molar-refractivity contribution in [3.8, 4) is 0 Å². The normalized spacial score (nSPS) is 26.6. The fourth-order valence-corrected chi connectivity index (χ4v) is 4.47. The Hall–Kier alpha value is -2.45. The SMILES string of the molecule is Cc1ccc(CN2C(=O)C3NCCCC3N(CC(=O)NCC3CCCO3)C2=O)cc1. The van der Waals surface area contributed by atoms with Crippen molar-refractivity contribution in [2.24, 2.45) is 0 Å². The van der Waals surface area contributed by atoms with Gasteiger partial charge in [0.15, 0.2) is 0 Å². The third kappa shape index (κ3) is 4.49. The van der Waals surface area contributed by atoms with Crippen LogP contribution in [0.5, 0.6) is 0 Å². The third-order valence-corrected chi connectivity index (χ3v) is 6.16. The van der Waals surface area contributed by atoms with E-state index in [2.05, 4.69) is 10.6 Å². The highest BCUT2D eigenvalue weighted by molar-refractivity contribution is 6.01. The van der Waals surface area contributed by atoms with E-state index in [4.69, 9.17) is 4.74 Å². The summed E-state index contributed by atoms with van der Waals surface area (Å²) in [4.78, 5) is 41.8. The van der Waals surface area contributed by atoms with Crippen molar-refractivity contribution in [1.29, 1.82) is 0 Å². The lowest BCUT2D eigenvalue weighted by Crippen LogP contribution is -2.70. The van der Waals surface area contributed by atoms with Crippen LogP contribution in [0.15, 0.2) is 24.3 Å². The molecular weight excluding hydrogens is 384 g/mol. The number of carbonyl (C=O) groups is 3. The first-order valence-corrected chi connectivity index (χ1v) is 10.8. The maximum Gasteiger partial charge on any atom is 0.327 e. The van der Waals surface area contributed by atoms with Gasteiger partial charge in [-0.2, -0.15) is 0 Å². The second-order valence-electron chi connectivity index (χ2n) is 8.40. The van der Waals surface area contributed by atoms with Gasteiger partial charge in [-0.25, -0.2) is 4.79 Å². The number of urea groups is 1. The number of hydrogen-bond donors (Lipinski definition) is 2. The monoisotopic (exact) mass is 414 g/mol. The molecule has 3 aliphatic rings.